The minimum Gasteiger partial charge on any atom is -0.508 e. The Hall–Kier alpha value is -2.49. The highest BCUT2D eigenvalue weighted by atomic mass is 16.5. The zero-order valence-electron chi connectivity index (χ0n) is 14.5. The van der Waals surface area contributed by atoms with Gasteiger partial charge < -0.3 is 14.7 Å². The number of nitrogens with zero attached hydrogens (tertiary/aromatic N) is 1. The second-order valence-corrected chi connectivity index (χ2v) is 6.68. The molecule has 1 atom stereocenters. The highest BCUT2D eigenvalue weighted by Gasteiger charge is 2.36. The standard InChI is InChI=1S/C20H23NO3/c1-12(2)21-17-8-7-16(22)11-18(17)24-19(20(21)23)10-15-6-5-13(3)14(4)9-15/h5-9,11-12,19,22H,10H2,1-4H3. The van der Waals surface area contributed by atoms with Gasteiger partial charge in [0.25, 0.3) is 5.91 Å². The number of fused-ring (bicyclic) bond motifs is 1. The number of ether oxygens (including phenoxy) is 1. The molecule has 1 heterocycles. The van der Waals surface area contributed by atoms with Gasteiger partial charge in [-0.05, 0) is 56.5 Å². The van der Waals surface area contributed by atoms with Crippen molar-refractivity contribution in [1.29, 1.82) is 0 Å². The summed E-state index contributed by atoms with van der Waals surface area (Å²) in [6, 6.07) is 11.1. The third-order valence-electron chi connectivity index (χ3n) is 4.49. The SMILES string of the molecule is Cc1ccc(CC2Oc3cc(O)ccc3N(C(C)C)C2=O)cc1C. The predicted octanol–water partition coefficient (Wildman–Crippen LogP) is 3.75. The van der Waals surface area contributed by atoms with Crippen LogP contribution in [-0.2, 0) is 11.2 Å². The molecule has 2 aromatic rings. The van der Waals surface area contributed by atoms with Crippen molar-refractivity contribution < 1.29 is 14.6 Å². The lowest BCUT2D eigenvalue weighted by atomic mass is 10.00. The summed E-state index contributed by atoms with van der Waals surface area (Å²) in [5.74, 6) is 0.648. The van der Waals surface area contributed by atoms with Crippen LogP contribution in [0.4, 0.5) is 5.69 Å². The van der Waals surface area contributed by atoms with E-state index in [4.69, 9.17) is 4.74 Å². The molecular formula is C20H23NO3. The van der Waals surface area contributed by atoms with Gasteiger partial charge in [0.15, 0.2) is 6.10 Å². The highest BCUT2D eigenvalue weighted by molar-refractivity contribution is 6.00. The Morgan fingerprint density at radius 1 is 1.12 bits per heavy atom. The van der Waals surface area contributed by atoms with Gasteiger partial charge in [0.2, 0.25) is 0 Å². The van der Waals surface area contributed by atoms with E-state index < -0.39 is 6.10 Å². The first-order valence-electron chi connectivity index (χ1n) is 8.25. The average Bonchev–Trinajstić information content (AvgIpc) is 2.51. The van der Waals surface area contributed by atoms with Gasteiger partial charge in [-0.25, -0.2) is 0 Å². The summed E-state index contributed by atoms with van der Waals surface area (Å²) in [5.41, 5.74) is 4.22. The van der Waals surface area contributed by atoms with Crippen molar-refractivity contribution in [3.8, 4) is 11.5 Å². The van der Waals surface area contributed by atoms with E-state index in [1.807, 2.05) is 19.9 Å². The lowest BCUT2D eigenvalue weighted by molar-refractivity contribution is -0.126. The Labute approximate surface area is 142 Å². The first-order valence-corrected chi connectivity index (χ1v) is 8.25. The van der Waals surface area contributed by atoms with Crippen molar-refractivity contribution in [2.45, 2.75) is 46.3 Å². The van der Waals surface area contributed by atoms with Crippen molar-refractivity contribution in [3.05, 3.63) is 53.1 Å². The molecule has 3 rings (SSSR count). The van der Waals surface area contributed by atoms with Crippen molar-refractivity contribution in [1.82, 2.24) is 0 Å². The maximum absolute atomic E-state index is 12.9. The summed E-state index contributed by atoms with van der Waals surface area (Å²) < 4.78 is 5.93. The van der Waals surface area contributed by atoms with Crippen LogP contribution in [0, 0.1) is 13.8 Å². The molecule has 126 valence electrons. The number of phenols is 1. The summed E-state index contributed by atoms with van der Waals surface area (Å²) in [6.45, 7) is 8.09. The van der Waals surface area contributed by atoms with E-state index in [-0.39, 0.29) is 17.7 Å². The maximum Gasteiger partial charge on any atom is 0.268 e. The number of benzene rings is 2. The van der Waals surface area contributed by atoms with Crippen LogP contribution in [0.3, 0.4) is 0 Å². The molecule has 0 aromatic heterocycles. The van der Waals surface area contributed by atoms with E-state index in [9.17, 15) is 9.90 Å². The van der Waals surface area contributed by atoms with Gasteiger partial charge >= 0.3 is 0 Å². The lowest BCUT2D eigenvalue weighted by Crippen LogP contribution is -2.49. The smallest absolute Gasteiger partial charge is 0.268 e. The molecule has 0 fully saturated rings. The number of aryl methyl sites for hydroxylation is 2. The Bertz CT molecular complexity index is 782. The molecule has 4 heteroatoms. The minimum absolute atomic E-state index is 0.0203. The topological polar surface area (TPSA) is 49.8 Å². The van der Waals surface area contributed by atoms with Crippen LogP contribution in [0.15, 0.2) is 36.4 Å². The van der Waals surface area contributed by atoms with E-state index in [0.29, 0.717) is 17.9 Å². The third kappa shape index (κ3) is 2.96. The maximum atomic E-state index is 12.9. The van der Waals surface area contributed by atoms with Gasteiger partial charge in [0.05, 0.1) is 5.69 Å². The van der Waals surface area contributed by atoms with Gasteiger partial charge in [0.1, 0.15) is 11.5 Å². The zero-order valence-corrected chi connectivity index (χ0v) is 14.5. The van der Waals surface area contributed by atoms with Crippen molar-refractivity contribution in [2.24, 2.45) is 0 Å². The number of hydrogen-bond acceptors (Lipinski definition) is 3. The van der Waals surface area contributed by atoms with Gasteiger partial charge in [-0.1, -0.05) is 18.2 Å². The molecule has 0 spiro atoms. The Morgan fingerprint density at radius 2 is 1.88 bits per heavy atom. The lowest BCUT2D eigenvalue weighted by Gasteiger charge is -2.37. The van der Waals surface area contributed by atoms with Crippen LogP contribution in [-0.4, -0.2) is 23.2 Å². The second-order valence-electron chi connectivity index (χ2n) is 6.68. The van der Waals surface area contributed by atoms with E-state index in [1.165, 1.54) is 11.1 Å². The molecule has 1 unspecified atom stereocenters. The van der Waals surface area contributed by atoms with Crippen molar-refractivity contribution in [3.63, 3.8) is 0 Å². The number of carbonyl (C=O) groups excluding carboxylic acids is 1. The Balaban J connectivity index is 1.94. The van der Waals surface area contributed by atoms with Crippen molar-refractivity contribution in [2.75, 3.05) is 4.90 Å². The molecule has 1 aliphatic rings. The van der Waals surface area contributed by atoms with Crippen LogP contribution in [0.5, 0.6) is 11.5 Å². The third-order valence-corrected chi connectivity index (χ3v) is 4.49. The number of hydrogen-bond donors (Lipinski definition) is 1. The molecule has 0 aliphatic carbocycles. The Morgan fingerprint density at radius 3 is 2.54 bits per heavy atom. The summed E-state index contributed by atoms with van der Waals surface area (Å²) in [5, 5.41) is 9.74. The first kappa shape index (κ1) is 16.4. The molecule has 1 aliphatic heterocycles. The number of carbonyl (C=O) groups is 1. The van der Waals surface area contributed by atoms with Crippen molar-refractivity contribution >= 4 is 11.6 Å². The largest absolute Gasteiger partial charge is 0.508 e. The van der Waals surface area contributed by atoms with Crippen LogP contribution in [0.1, 0.15) is 30.5 Å². The molecule has 0 saturated carbocycles. The highest BCUT2D eigenvalue weighted by Crippen LogP contribution is 2.38. The normalized spacial score (nSPS) is 17.0. The van der Waals surface area contributed by atoms with Crippen LogP contribution in [0.2, 0.25) is 0 Å². The molecule has 1 N–H and O–H groups in total. The van der Waals surface area contributed by atoms with Gasteiger partial charge in [-0.15, -0.1) is 0 Å². The first-order chi connectivity index (χ1) is 11.4. The summed E-state index contributed by atoms with van der Waals surface area (Å²) in [6.07, 6.45) is -0.0676. The van der Waals surface area contributed by atoms with Crippen LogP contribution < -0.4 is 9.64 Å². The van der Waals surface area contributed by atoms with Gasteiger partial charge in [-0.3, -0.25) is 4.79 Å². The van der Waals surface area contributed by atoms with E-state index in [1.54, 1.807) is 23.1 Å². The molecule has 24 heavy (non-hydrogen) atoms. The van der Waals surface area contributed by atoms with E-state index in [2.05, 4.69) is 26.0 Å². The molecule has 4 nitrogen and oxygen atoms in total. The monoisotopic (exact) mass is 325 g/mol. The average molecular weight is 325 g/mol. The number of amides is 1. The fourth-order valence-corrected chi connectivity index (χ4v) is 3.08. The zero-order chi connectivity index (χ0) is 17.4. The molecule has 0 radical (unpaired) electrons. The second kappa shape index (κ2) is 6.19. The molecule has 0 bridgehead atoms. The fourth-order valence-electron chi connectivity index (χ4n) is 3.08. The summed E-state index contributed by atoms with van der Waals surface area (Å²) >= 11 is 0. The quantitative estimate of drug-likeness (QED) is 0.935. The number of anilines is 1. The Kier molecular flexibility index (Phi) is 4.22. The molecular weight excluding hydrogens is 302 g/mol. The minimum atomic E-state index is -0.580. The predicted molar refractivity (Wildman–Crippen MR) is 94.8 cm³/mol. The fraction of sp³-hybridized carbons (Fsp3) is 0.350. The number of phenolic OH excluding ortho intramolecular Hbond substituents is 1. The molecule has 1 amide bonds. The van der Waals surface area contributed by atoms with E-state index in [0.717, 1.165) is 5.56 Å². The molecule has 2 aromatic carbocycles. The van der Waals surface area contributed by atoms with E-state index >= 15 is 0 Å². The van der Waals surface area contributed by atoms with Gasteiger partial charge in [0, 0.05) is 18.5 Å². The summed E-state index contributed by atoms with van der Waals surface area (Å²) in [4.78, 5) is 14.7. The molecule has 0 saturated heterocycles. The van der Waals surface area contributed by atoms with Crippen LogP contribution >= 0.6 is 0 Å². The van der Waals surface area contributed by atoms with Crippen LogP contribution in [0.25, 0.3) is 0 Å². The summed E-state index contributed by atoms with van der Waals surface area (Å²) in [7, 11) is 0. The number of aromatic hydroxyl groups is 1. The van der Waals surface area contributed by atoms with Gasteiger partial charge in [-0.2, -0.15) is 0 Å². The number of rotatable bonds is 3.